The summed E-state index contributed by atoms with van der Waals surface area (Å²) in [6.07, 6.45) is 0. The van der Waals surface area contributed by atoms with E-state index < -0.39 is 5.78 Å². The van der Waals surface area contributed by atoms with E-state index >= 15 is 0 Å². The van der Waals surface area contributed by atoms with E-state index in [1.807, 2.05) is 0 Å². The van der Waals surface area contributed by atoms with Crippen molar-refractivity contribution in [2.75, 3.05) is 0 Å². The first-order chi connectivity index (χ1) is 5.46. The van der Waals surface area contributed by atoms with Gasteiger partial charge in [0.2, 0.25) is 5.78 Å². The number of carbonyl (C=O) groups excluding carboxylic acids is 1. The van der Waals surface area contributed by atoms with E-state index in [1.165, 1.54) is 0 Å². The fourth-order valence-electron chi connectivity index (χ4n) is 0.657. The van der Waals surface area contributed by atoms with Gasteiger partial charge in [-0.3, -0.25) is 4.79 Å². The number of rotatable bonds is 0. The number of hydrogen-bond acceptors (Lipinski definition) is 1. The molecule has 1 nitrogen and oxygen atoms in total. The molecule has 0 aromatic carbocycles. The Morgan fingerprint density at radius 1 is 0.833 bits per heavy atom. The van der Waals surface area contributed by atoms with Crippen LogP contribution in [0.2, 0.25) is 0 Å². The fraction of sp³-hybridized carbons (Fsp3) is 0. The molecule has 0 aliphatic heterocycles. The maximum absolute atomic E-state index is 11.1. The van der Waals surface area contributed by atoms with Crippen molar-refractivity contribution < 1.29 is 4.79 Å². The summed E-state index contributed by atoms with van der Waals surface area (Å²) in [7, 11) is 0. The summed E-state index contributed by atoms with van der Waals surface area (Å²) in [5.74, 6) is -0.490. The van der Waals surface area contributed by atoms with Crippen molar-refractivity contribution in [2.24, 2.45) is 0 Å². The average molecular weight is 244 g/mol. The molecule has 0 aromatic rings. The van der Waals surface area contributed by atoms with Crippen LogP contribution >= 0.6 is 46.4 Å². The van der Waals surface area contributed by atoms with Gasteiger partial charge in [-0.2, -0.15) is 0 Å². The Kier molecular flexibility index (Phi) is 2.89. The Labute approximate surface area is 89.2 Å². The molecule has 0 radical (unpaired) electrons. The summed E-state index contributed by atoms with van der Waals surface area (Å²) in [6.45, 7) is 3.41. The van der Waals surface area contributed by atoms with Gasteiger partial charge in [0.05, 0.1) is 15.1 Å². The molecule has 0 amide bonds. The Hall–Kier alpha value is 0.0500. The van der Waals surface area contributed by atoms with Crippen LogP contribution in [0.25, 0.3) is 0 Å². The fourth-order valence-corrected chi connectivity index (χ4v) is 1.53. The number of carbonyl (C=O) groups is 1. The van der Waals surface area contributed by atoms with E-state index in [0.717, 1.165) is 0 Å². The zero-order valence-electron chi connectivity index (χ0n) is 5.63. The molecule has 0 aromatic heterocycles. The smallest absolute Gasteiger partial charge is 0.206 e. The molecule has 0 bridgehead atoms. The minimum atomic E-state index is -0.490. The summed E-state index contributed by atoms with van der Waals surface area (Å²) in [5.41, 5.74) is 0.0658. The van der Waals surface area contributed by atoms with Crippen molar-refractivity contribution >= 4 is 52.2 Å². The molecule has 0 N–H and O–H groups in total. The molecule has 0 fully saturated rings. The summed E-state index contributed by atoms with van der Waals surface area (Å²) < 4.78 is 0. The standard InChI is InChI=1S/C7H2Cl4O/c1-2-3(8)4(9)5(10)6(11)7(2)12/h1H2. The van der Waals surface area contributed by atoms with Crippen LogP contribution in [0.5, 0.6) is 0 Å². The SMILES string of the molecule is C=C1C(=O)C(Cl)=C(Cl)C(Cl)=C1Cl. The summed E-state index contributed by atoms with van der Waals surface area (Å²) in [4.78, 5) is 11.1. The number of ketones is 1. The molecule has 1 aliphatic rings. The van der Waals surface area contributed by atoms with Gasteiger partial charge in [0.1, 0.15) is 5.03 Å². The second-order valence-electron chi connectivity index (χ2n) is 2.06. The number of hydrogen-bond donors (Lipinski definition) is 0. The minimum absolute atomic E-state index is 0.0271. The van der Waals surface area contributed by atoms with Gasteiger partial charge in [-0.25, -0.2) is 0 Å². The van der Waals surface area contributed by atoms with Crippen molar-refractivity contribution in [2.45, 2.75) is 0 Å². The van der Waals surface area contributed by atoms with Crippen molar-refractivity contribution in [3.8, 4) is 0 Å². The topological polar surface area (TPSA) is 17.1 Å². The lowest BCUT2D eigenvalue weighted by atomic mass is 10.1. The number of Topliss-reactive ketones (excluding diaryl/α,β-unsaturated/α-hetero) is 1. The first kappa shape index (κ1) is 10.1. The second kappa shape index (κ2) is 3.43. The van der Waals surface area contributed by atoms with Gasteiger partial charge in [0.25, 0.3) is 0 Å². The average Bonchev–Trinajstić information content (AvgIpc) is 2.08. The number of allylic oxidation sites excluding steroid dienone is 5. The highest BCUT2D eigenvalue weighted by Crippen LogP contribution is 2.38. The van der Waals surface area contributed by atoms with Gasteiger partial charge in [-0.1, -0.05) is 53.0 Å². The van der Waals surface area contributed by atoms with Gasteiger partial charge < -0.3 is 0 Å². The lowest BCUT2D eigenvalue weighted by molar-refractivity contribution is -0.111. The monoisotopic (exact) mass is 242 g/mol. The van der Waals surface area contributed by atoms with Crippen LogP contribution in [0.3, 0.4) is 0 Å². The van der Waals surface area contributed by atoms with Crippen molar-refractivity contribution in [3.05, 3.63) is 32.3 Å². The molecule has 0 atom stereocenters. The Morgan fingerprint density at radius 3 is 1.75 bits per heavy atom. The first-order valence-corrected chi connectivity index (χ1v) is 4.33. The highest BCUT2D eigenvalue weighted by atomic mass is 35.5. The van der Waals surface area contributed by atoms with E-state index in [1.54, 1.807) is 0 Å². The van der Waals surface area contributed by atoms with E-state index in [-0.39, 0.29) is 25.7 Å². The van der Waals surface area contributed by atoms with Crippen molar-refractivity contribution in [3.63, 3.8) is 0 Å². The quantitative estimate of drug-likeness (QED) is 0.596. The van der Waals surface area contributed by atoms with Gasteiger partial charge in [0.15, 0.2) is 0 Å². The van der Waals surface area contributed by atoms with Crippen LogP contribution < -0.4 is 0 Å². The zero-order chi connectivity index (χ0) is 9.46. The third-order valence-corrected chi connectivity index (χ3v) is 3.14. The number of halogens is 4. The molecular formula is C7H2Cl4O. The maximum atomic E-state index is 11.1. The van der Waals surface area contributed by atoms with Crippen LogP contribution in [0.15, 0.2) is 32.3 Å². The van der Waals surface area contributed by atoms with E-state index in [0.29, 0.717) is 0 Å². The maximum Gasteiger partial charge on any atom is 0.206 e. The summed E-state index contributed by atoms with van der Waals surface area (Å²) in [5, 5.41) is -0.0548. The molecule has 64 valence electrons. The van der Waals surface area contributed by atoms with Crippen LogP contribution in [0, 0.1) is 0 Å². The third-order valence-electron chi connectivity index (χ3n) is 1.32. The molecular weight excluding hydrogens is 242 g/mol. The van der Waals surface area contributed by atoms with Gasteiger partial charge in [-0.05, 0) is 0 Å². The normalized spacial score (nSPS) is 19.3. The van der Waals surface area contributed by atoms with Crippen LogP contribution in [-0.4, -0.2) is 5.78 Å². The highest BCUT2D eigenvalue weighted by Gasteiger charge is 2.27. The highest BCUT2D eigenvalue weighted by molar-refractivity contribution is 6.59. The Bertz CT molecular complexity index is 288. The molecule has 5 heteroatoms. The van der Waals surface area contributed by atoms with Gasteiger partial charge in [-0.15, -0.1) is 0 Å². The second-order valence-corrected chi connectivity index (χ2v) is 3.58. The molecule has 0 unspecified atom stereocenters. The predicted molar refractivity (Wildman–Crippen MR) is 51.6 cm³/mol. The molecule has 0 spiro atoms. The third kappa shape index (κ3) is 1.42. The van der Waals surface area contributed by atoms with Crippen molar-refractivity contribution in [1.29, 1.82) is 0 Å². The lowest BCUT2D eigenvalue weighted by Crippen LogP contribution is -2.09. The zero-order valence-corrected chi connectivity index (χ0v) is 8.65. The lowest BCUT2D eigenvalue weighted by Gasteiger charge is -2.12. The summed E-state index contributed by atoms with van der Waals surface area (Å²) >= 11 is 22.4. The predicted octanol–water partition coefficient (Wildman–Crippen LogP) is 3.50. The first-order valence-electron chi connectivity index (χ1n) is 2.81. The van der Waals surface area contributed by atoms with Gasteiger partial charge >= 0.3 is 0 Å². The van der Waals surface area contributed by atoms with Crippen LogP contribution in [0.1, 0.15) is 0 Å². The largest absolute Gasteiger partial charge is 0.288 e. The molecule has 0 saturated carbocycles. The van der Waals surface area contributed by atoms with Crippen LogP contribution in [-0.2, 0) is 4.79 Å². The Morgan fingerprint density at radius 2 is 1.25 bits per heavy atom. The minimum Gasteiger partial charge on any atom is -0.288 e. The molecule has 0 heterocycles. The van der Waals surface area contributed by atoms with Gasteiger partial charge in [0, 0.05) is 5.57 Å². The van der Waals surface area contributed by atoms with E-state index in [4.69, 9.17) is 46.4 Å². The molecule has 0 saturated heterocycles. The van der Waals surface area contributed by atoms with E-state index in [9.17, 15) is 4.79 Å². The van der Waals surface area contributed by atoms with E-state index in [2.05, 4.69) is 6.58 Å². The molecule has 12 heavy (non-hydrogen) atoms. The Balaban J connectivity index is 3.37. The van der Waals surface area contributed by atoms with Crippen molar-refractivity contribution in [1.82, 2.24) is 0 Å². The summed E-state index contributed by atoms with van der Waals surface area (Å²) in [6, 6.07) is 0. The molecule has 1 aliphatic carbocycles. The molecule has 1 rings (SSSR count). The van der Waals surface area contributed by atoms with Crippen LogP contribution in [0.4, 0.5) is 0 Å².